The lowest BCUT2D eigenvalue weighted by Crippen LogP contribution is -2.30. The Kier molecular flexibility index (Phi) is 4.35. The van der Waals surface area contributed by atoms with E-state index in [0.717, 1.165) is 11.8 Å². The molecule has 0 unspecified atom stereocenters. The number of hydrogen-bond acceptors (Lipinski definition) is 3. The van der Waals surface area contributed by atoms with Gasteiger partial charge in [-0.15, -0.1) is 0 Å². The van der Waals surface area contributed by atoms with Gasteiger partial charge in [-0.05, 0) is 19.9 Å². The Labute approximate surface area is 118 Å². The minimum Gasteiger partial charge on any atom is -0.464 e. The maximum absolute atomic E-state index is 12.4. The monoisotopic (exact) mass is 271 g/mol. The summed E-state index contributed by atoms with van der Waals surface area (Å²) in [7, 11) is 0. The van der Waals surface area contributed by atoms with E-state index in [2.05, 4.69) is 0 Å². The quantitative estimate of drug-likeness (QED) is 0.784. The van der Waals surface area contributed by atoms with Gasteiger partial charge in [0.15, 0.2) is 0 Å². The first kappa shape index (κ1) is 14.1. The second-order valence-electron chi connectivity index (χ2n) is 4.38. The molecule has 0 spiro atoms. The van der Waals surface area contributed by atoms with Gasteiger partial charge < -0.3 is 9.32 Å². The van der Waals surface area contributed by atoms with Crippen LogP contribution in [0, 0.1) is 0 Å². The Hall–Kier alpha value is -2.36. The number of aldehydes is 1. The smallest absolute Gasteiger partial charge is 0.257 e. The van der Waals surface area contributed by atoms with E-state index < -0.39 is 0 Å². The van der Waals surface area contributed by atoms with E-state index in [1.54, 1.807) is 35.2 Å². The molecular formula is C16H17NO3. The van der Waals surface area contributed by atoms with Crippen LogP contribution < -0.4 is 0 Å². The zero-order valence-electron chi connectivity index (χ0n) is 11.6. The Morgan fingerprint density at radius 1 is 1.15 bits per heavy atom. The summed E-state index contributed by atoms with van der Waals surface area (Å²) in [5, 5.41) is 0. The number of carbonyl (C=O) groups excluding carboxylic acids is 2. The summed E-state index contributed by atoms with van der Waals surface area (Å²) < 4.78 is 5.45. The molecule has 1 aromatic heterocycles. The molecule has 4 heteroatoms. The van der Waals surface area contributed by atoms with Crippen molar-refractivity contribution in [2.45, 2.75) is 13.8 Å². The lowest BCUT2D eigenvalue weighted by molar-refractivity contribution is 0.0773. The second kappa shape index (κ2) is 6.19. The van der Waals surface area contributed by atoms with Gasteiger partial charge >= 0.3 is 0 Å². The minimum atomic E-state index is -0.0433. The van der Waals surface area contributed by atoms with Crippen molar-refractivity contribution >= 4 is 12.2 Å². The van der Waals surface area contributed by atoms with Crippen molar-refractivity contribution in [3.63, 3.8) is 0 Å². The first-order chi connectivity index (χ1) is 9.71. The summed E-state index contributed by atoms with van der Waals surface area (Å²) in [6.45, 7) is 5.20. The molecule has 4 nitrogen and oxygen atoms in total. The van der Waals surface area contributed by atoms with Crippen LogP contribution >= 0.6 is 0 Å². The van der Waals surface area contributed by atoms with E-state index >= 15 is 0 Å². The van der Waals surface area contributed by atoms with E-state index in [-0.39, 0.29) is 5.91 Å². The van der Waals surface area contributed by atoms with Crippen LogP contribution in [-0.4, -0.2) is 30.2 Å². The molecule has 0 radical (unpaired) electrons. The van der Waals surface area contributed by atoms with E-state index in [0.29, 0.717) is 30.0 Å². The second-order valence-corrected chi connectivity index (χ2v) is 4.38. The first-order valence-electron chi connectivity index (χ1n) is 6.63. The molecule has 0 aliphatic carbocycles. The van der Waals surface area contributed by atoms with E-state index in [1.165, 1.54) is 6.26 Å². The Morgan fingerprint density at radius 2 is 1.80 bits per heavy atom. The fourth-order valence-electron chi connectivity index (χ4n) is 2.10. The highest BCUT2D eigenvalue weighted by molar-refractivity contribution is 5.99. The summed E-state index contributed by atoms with van der Waals surface area (Å²) in [6.07, 6.45) is 2.30. The zero-order chi connectivity index (χ0) is 14.5. The maximum Gasteiger partial charge on any atom is 0.257 e. The average Bonchev–Trinajstić information content (AvgIpc) is 2.98. The summed E-state index contributed by atoms with van der Waals surface area (Å²) in [5.41, 5.74) is 1.93. The highest BCUT2D eigenvalue weighted by Gasteiger charge is 2.19. The molecule has 20 heavy (non-hydrogen) atoms. The van der Waals surface area contributed by atoms with Gasteiger partial charge in [0.2, 0.25) is 0 Å². The van der Waals surface area contributed by atoms with Gasteiger partial charge in [-0.25, -0.2) is 0 Å². The number of hydrogen-bond donors (Lipinski definition) is 0. The molecule has 0 saturated carbocycles. The van der Waals surface area contributed by atoms with Crippen LogP contribution in [0.1, 0.15) is 34.6 Å². The molecule has 104 valence electrons. The molecule has 1 aromatic carbocycles. The van der Waals surface area contributed by atoms with Crippen LogP contribution in [0.25, 0.3) is 11.3 Å². The van der Waals surface area contributed by atoms with Crippen LogP contribution in [0.5, 0.6) is 0 Å². The summed E-state index contributed by atoms with van der Waals surface area (Å²) in [4.78, 5) is 24.8. The molecular weight excluding hydrogens is 254 g/mol. The van der Waals surface area contributed by atoms with Gasteiger partial charge in [0.05, 0.1) is 11.8 Å². The highest BCUT2D eigenvalue weighted by atomic mass is 16.3. The fourth-order valence-corrected chi connectivity index (χ4v) is 2.10. The average molecular weight is 271 g/mol. The third-order valence-corrected chi connectivity index (χ3v) is 3.26. The standard InChI is InChI=1S/C16H17NO3/c1-3-17(4-2)16(19)14-9-10-20-15(14)13-7-5-12(11-18)6-8-13/h5-11H,3-4H2,1-2H3. The van der Waals surface area contributed by atoms with Crippen molar-refractivity contribution in [1.82, 2.24) is 4.90 Å². The lowest BCUT2D eigenvalue weighted by atomic mass is 10.1. The highest BCUT2D eigenvalue weighted by Crippen LogP contribution is 2.26. The van der Waals surface area contributed by atoms with Crippen LogP contribution in [0.2, 0.25) is 0 Å². The summed E-state index contributed by atoms with van der Waals surface area (Å²) >= 11 is 0. The fraction of sp³-hybridized carbons (Fsp3) is 0.250. The zero-order valence-corrected chi connectivity index (χ0v) is 11.6. The molecule has 2 rings (SSSR count). The number of benzene rings is 1. The molecule has 0 aliphatic rings. The first-order valence-corrected chi connectivity index (χ1v) is 6.63. The minimum absolute atomic E-state index is 0.0433. The van der Waals surface area contributed by atoms with Crippen molar-refractivity contribution in [2.75, 3.05) is 13.1 Å². The van der Waals surface area contributed by atoms with Gasteiger partial charge in [0.25, 0.3) is 5.91 Å². The van der Waals surface area contributed by atoms with Crippen molar-refractivity contribution < 1.29 is 14.0 Å². The van der Waals surface area contributed by atoms with Crippen molar-refractivity contribution in [2.24, 2.45) is 0 Å². The van der Waals surface area contributed by atoms with E-state index in [9.17, 15) is 9.59 Å². The Balaban J connectivity index is 2.36. The van der Waals surface area contributed by atoms with Crippen LogP contribution in [-0.2, 0) is 0 Å². The van der Waals surface area contributed by atoms with Crippen LogP contribution in [0.4, 0.5) is 0 Å². The molecule has 0 aliphatic heterocycles. The van der Waals surface area contributed by atoms with Gasteiger partial charge in [0, 0.05) is 24.2 Å². The SMILES string of the molecule is CCN(CC)C(=O)c1ccoc1-c1ccc(C=O)cc1. The maximum atomic E-state index is 12.4. The van der Waals surface area contributed by atoms with Crippen LogP contribution in [0.15, 0.2) is 41.0 Å². The number of carbonyl (C=O) groups is 2. The normalized spacial score (nSPS) is 10.3. The summed E-state index contributed by atoms with van der Waals surface area (Å²) in [6, 6.07) is 8.65. The molecule has 1 heterocycles. The molecule has 0 bridgehead atoms. The van der Waals surface area contributed by atoms with E-state index in [1.807, 2.05) is 13.8 Å². The van der Waals surface area contributed by atoms with Crippen molar-refractivity contribution in [3.05, 3.63) is 47.7 Å². The number of amides is 1. The predicted molar refractivity (Wildman–Crippen MR) is 76.8 cm³/mol. The van der Waals surface area contributed by atoms with Gasteiger partial charge in [-0.1, -0.05) is 24.3 Å². The van der Waals surface area contributed by atoms with E-state index in [4.69, 9.17) is 4.42 Å². The third kappa shape index (κ3) is 2.64. The Bertz CT molecular complexity index is 594. The van der Waals surface area contributed by atoms with Crippen molar-refractivity contribution in [1.29, 1.82) is 0 Å². The third-order valence-electron chi connectivity index (χ3n) is 3.26. The number of nitrogens with zero attached hydrogens (tertiary/aromatic N) is 1. The molecule has 0 N–H and O–H groups in total. The number of furan rings is 1. The van der Waals surface area contributed by atoms with Gasteiger partial charge in [-0.3, -0.25) is 9.59 Å². The Morgan fingerprint density at radius 3 is 2.35 bits per heavy atom. The van der Waals surface area contributed by atoms with Gasteiger partial charge in [0.1, 0.15) is 12.0 Å². The van der Waals surface area contributed by atoms with Gasteiger partial charge in [-0.2, -0.15) is 0 Å². The van der Waals surface area contributed by atoms with Crippen LogP contribution in [0.3, 0.4) is 0 Å². The number of rotatable bonds is 5. The lowest BCUT2D eigenvalue weighted by Gasteiger charge is -2.18. The predicted octanol–water partition coefficient (Wildman–Crippen LogP) is 3.24. The largest absolute Gasteiger partial charge is 0.464 e. The molecule has 2 aromatic rings. The molecule has 1 amide bonds. The molecule has 0 fully saturated rings. The molecule has 0 atom stereocenters. The topological polar surface area (TPSA) is 50.5 Å². The molecule has 0 saturated heterocycles. The summed E-state index contributed by atoms with van der Waals surface area (Å²) in [5.74, 6) is 0.498. The van der Waals surface area contributed by atoms with Crippen molar-refractivity contribution in [3.8, 4) is 11.3 Å².